The van der Waals surface area contributed by atoms with E-state index in [-0.39, 0.29) is 6.42 Å². The normalized spacial score (nSPS) is 11.9. The lowest BCUT2D eigenvalue weighted by Gasteiger charge is -2.13. The molecule has 21 heavy (non-hydrogen) atoms. The lowest BCUT2D eigenvalue weighted by molar-refractivity contribution is -0.138. The maximum atomic E-state index is 10.8. The number of benzene rings is 2. The van der Waals surface area contributed by atoms with Gasteiger partial charge in [-0.3, -0.25) is 4.79 Å². The third-order valence-electron chi connectivity index (χ3n) is 3.22. The molecule has 0 fully saturated rings. The molecule has 0 bridgehead atoms. The number of carboxylic acid groups (broad SMARTS) is 1. The first kappa shape index (κ1) is 15.1. The molecule has 0 aliphatic heterocycles. The second kappa shape index (κ2) is 7.45. The number of carboxylic acids is 1. The van der Waals surface area contributed by atoms with Gasteiger partial charge in [0.15, 0.2) is 0 Å². The highest BCUT2D eigenvalue weighted by Gasteiger charge is 2.14. The van der Waals surface area contributed by atoms with Gasteiger partial charge >= 0.3 is 5.97 Å². The van der Waals surface area contributed by atoms with E-state index in [0.29, 0.717) is 12.4 Å². The summed E-state index contributed by atoms with van der Waals surface area (Å²) in [5.41, 5.74) is 7.61. The van der Waals surface area contributed by atoms with Crippen LogP contribution in [0.1, 0.15) is 11.1 Å². The van der Waals surface area contributed by atoms with Gasteiger partial charge in [-0.05, 0) is 17.2 Å². The van der Waals surface area contributed by atoms with Gasteiger partial charge in [0, 0.05) is 12.8 Å². The van der Waals surface area contributed by atoms with Crippen LogP contribution in [0.15, 0.2) is 54.6 Å². The van der Waals surface area contributed by atoms with Gasteiger partial charge in [-0.15, -0.1) is 0 Å². The van der Waals surface area contributed by atoms with Crippen molar-refractivity contribution in [2.75, 3.05) is 6.61 Å². The van der Waals surface area contributed by atoms with Crippen molar-refractivity contribution in [1.82, 2.24) is 0 Å². The Morgan fingerprint density at radius 1 is 1.10 bits per heavy atom. The van der Waals surface area contributed by atoms with Crippen LogP contribution in [0.5, 0.6) is 5.75 Å². The van der Waals surface area contributed by atoms with Crippen LogP contribution < -0.4 is 10.5 Å². The zero-order chi connectivity index (χ0) is 15.1. The molecule has 110 valence electrons. The molecular weight excluding hydrogens is 266 g/mol. The van der Waals surface area contributed by atoms with E-state index in [1.807, 2.05) is 42.5 Å². The SMILES string of the molecule is N[C@H](Cc1ccccc1OCCc1ccccc1)C(=O)O. The predicted molar refractivity (Wildman–Crippen MR) is 81.4 cm³/mol. The van der Waals surface area contributed by atoms with Gasteiger partial charge in [0.25, 0.3) is 0 Å². The minimum absolute atomic E-state index is 0.261. The average molecular weight is 285 g/mol. The van der Waals surface area contributed by atoms with Crippen LogP contribution >= 0.6 is 0 Å². The van der Waals surface area contributed by atoms with E-state index in [9.17, 15) is 4.79 Å². The lowest BCUT2D eigenvalue weighted by atomic mass is 10.1. The Kier molecular flexibility index (Phi) is 5.35. The van der Waals surface area contributed by atoms with E-state index in [0.717, 1.165) is 12.0 Å². The van der Waals surface area contributed by atoms with E-state index in [1.54, 1.807) is 0 Å². The van der Waals surface area contributed by atoms with E-state index in [1.165, 1.54) is 5.56 Å². The monoisotopic (exact) mass is 285 g/mol. The van der Waals surface area contributed by atoms with E-state index >= 15 is 0 Å². The molecule has 0 aromatic heterocycles. The molecule has 0 unspecified atom stereocenters. The Bertz CT molecular complexity index is 584. The minimum atomic E-state index is -1.01. The Labute approximate surface area is 124 Å². The molecule has 0 aliphatic rings. The summed E-state index contributed by atoms with van der Waals surface area (Å²) in [5, 5.41) is 8.89. The number of nitrogens with two attached hydrogens (primary N) is 1. The molecule has 0 heterocycles. The van der Waals surface area contributed by atoms with Gasteiger partial charge in [0.1, 0.15) is 11.8 Å². The Balaban J connectivity index is 1.95. The van der Waals surface area contributed by atoms with E-state index in [2.05, 4.69) is 12.1 Å². The first-order valence-electron chi connectivity index (χ1n) is 6.90. The second-order valence-electron chi connectivity index (χ2n) is 4.84. The lowest BCUT2D eigenvalue weighted by Crippen LogP contribution is -2.32. The highest BCUT2D eigenvalue weighted by atomic mass is 16.5. The number of para-hydroxylation sites is 1. The molecule has 0 saturated carbocycles. The third-order valence-corrected chi connectivity index (χ3v) is 3.22. The standard InChI is InChI=1S/C17H19NO3/c18-15(17(19)20)12-14-8-4-5-9-16(14)21-11-10-13-6-2-1-3-7-13/h1-9,15H,10-12,18H2,(H,19,20)/t15-/m1/s1. The summed E-state index contributed by atoms with van der Waals surface area (Å²) in [6, 6.07) is 16.6. The summed E-state index contributed by atoms with van der Waals surface area (Å²) >= 11 is 0. The van der Waals surface area contributed by atoms with Crippen LogP contribution in [0.25, 0.3) is 0 Å². The van der Waals surface area contributed by atoms with Crippen LogP contribution in [0.4, 0.5) is 0 Å². The van der Waals surface area contributed by atoms with E-state index < -0.39 is 12.0 Å². The van der Waals surface area contributed by atoms with Crippen molar-refractivity contribution in [1.29, 1.82) is 0 Å². The van der Waals surface area contributed by atoms with Crippen LogP contribution in [0.3, 0.4) is 0 Å². The molecule has 0 amide bonds. The Morgan fingerprint density at radius 2 is 1.76 bits per heavy atom. The van der Waals surface area contributed by atoms with Crippen molar-refractivity contribution in [3.05, 3.63) is 65.7 Å². The molecule has 4 heteroatoms. The Hall–Kier alpha value is -2.33. The smallest absolute Gasteiger partial charge is 0.320 e. The number of carbonyl (C=O) groups is 1. The predicted octanol–water partition coefficient (Wildman–Crippen LogP) is 2.26. The molecule has 0 radical (unpaired) electrons. The van der Waals surface area contributed by atoms with Crippen molar-refractivity contribution >= 4 is 5.97 Å². The maximum absolute atomic E-state index is 10.8. The van der Waals surface area contributed by atoms with Crippen molar-refractivity contribution < 1.29 is 14.6 Å². The van der Waals surface area contributed by atoms with Crippen molar-refractivity contribution in [3.8, 4) is 5.75 Å². The summed E-state index contributed by atoms with van der Waals surface area (Å²) in [7, 11) is 0. The van der Waals surface area contributed by atoms with E-state index in [4.69, 9.17) is 15.6 Å². The highest BCUT2D eigenvalue weighted by molar-refractivity contribution is 5.73. The van der Waals surface area contributed by atoms with Crippen LogP contribution in [0, 0.1) is 0 Å². The van der Waals surface area contributed by atoms with Gasteiger partial charge in [0.05, 0.1) is 6.61 Å². The molecule has 3 N–H and O–H groups in total. The maximum Gasteiger partial charge on any atom is 0.320 e. The first-order valence-corrected chi connectivity index (χ1v) is 6.90. The number of hydrogen-bond donors (Lipinski definition) is 2. The molecule has 0 spiro atoms. The fraction of sp³-hybridized carbons (Fsp3) is 0.235. The number of hydrogen-bond acceptors (Lipinski definition) is 3. The number of rotatable bonds is 7. The molecule has 0 aliphatic carbocycles. The molecule has 2 aromatic rings. The minimum Gasteiger partial charge on any atom is -0.493 e. The molecule has 2 aromatic carbocycles. The summed E-state index contributed by atoms with van der Waals surface area (Å²) in [4.78, 5) is 10.8. The highest BCUT2D eigenvalue weighted by Crippen LogP contribution is 2.19. The molecular formula is C17H19NO3. The Morgan fingerprint density at radius 3 is 2.48 bits per heavy atom. The van der Waals surface area contributed by atoms with Gasteiger partial charge in [0.2, 0.25) is 0 Å². The number of ether oxygens (including phenoxy) is 1. The van der Waals surface area contributed by atoms with Crippen LogP contribution in [-0.2, 0) is 17.6 Å². The van der Waals surface area contributed by atoms with Gasteiger partial charge in [-0.2, -0.15) is 0 Å². The third kappa shape index (κ3) is 4.61. The molecule has 0 saturated heterocycles. The van der Waals surface area contributed by atoms with Crippen LogP contribution in [0.2, 0.25) is 0 Å². The van der Waals surface area contributed by atoms with Gasteiger partial charge in [-0.1, -0.05) is 48.5 Å². The average Bonchev–Trinajstić information content (AvgIpc) is 2.50. The summed E-state index contributed by atoms with van der Waals surface area (Å²) in [6.07, 6.45) is 1.07. The number of aliphatic carboxylic acids is 1. The fourth-order valence-corrected chi connectivity index (χ4v) is 2.06. The second-order valence-corrected chi connectivity index (χ2v) is 4.84. The zero-order valence-electron chi connectivity index (χ0n) is 11.7. The van der Waals surface area contributed by atoms with Crippen molar-refractivity contribution in [3.63, 3.8) is 0 Å². The molecule has 1 atom stereocenters. The van der Waals surface area contributed by atoms with Crippen molar-refractivity contribution in [2.24, 2.45) is 5.73 Å². The quantitative estimate of drug-likeness (QED) is 0.818. The van der Waals surface area contributed by atoms with Gasteiger partial charge < -0.3 is 15.6 Å². The summed E-state index contributed by atoms with van der Waals surface area (Å²) in [6.45, 7) is 0.545. The topological polar surface area (TPSA) is 72.5 Å². The van der Waals surface area contributed by atoms with Gasteiger partial charge in [-0.25, -0.2) is 0 Å². The first-order chi connectivity index (χ1) is 10.2. The fourth-order valence-electron chi connectivity index (χ4n) is 2.06. The largest absolute Gasteiger partial charge is 0.493 e. The van der Waals surface area contributed by atoms with Crippen molar-refractivity contribution in [2.45, 2.75) is 18.9 Å². The summed E-state index contributed by atoms with van der Waals surface area (Å²) < 4.78 is 5.77. The molecule has 4 nitrogen and oxygen atoms in total. The zero-order valence-corrected chi connectivity index (χ0v) is 11.7. The summed E-state index contributed by atoms with van der Waals surface area (Å²) in [5.74, 6) is -0.306. The van der Waals surface area contributed by atoms with Crippen LogP contribution in [-0.4, -0.2) is 23.7 Å². The molecule has 2 rings (SSSR count).